The van der Waals surface area contributed by atoms with Crippen LogP contribution in [0.25, 0.3) is 0 Å². The lowest BCUT2D eigenvalue weighted by molar-refractivity contribution is -0.120. The van der Waals surface area contributed by atoms with Crippen molar-refractivity contribution in [2.75, 3.05) is 13.1 Å². The summed E-state index contributed by atoms with van der Waals surface area (Å²) in [5.74, 6) is 0.533. The highest BCUT2D eigenvalue weighted by molar-refractivity contribution is 7.14. The van der Waals surface area contributed by atoms with E-state index in [4.69, 9.17) is 4.42 Å². The standard InChI is InChI=1S/C18H22N2O4S/c1-11-6-7-14(24-11)13(21)9-19-17(22)10-20-18(23)16-8-12-4-2-3-5-15(12)25-16/h6-8,13,21H,2-5,9-10H2,1H3,(H,19,22)(H,20,23)/t13-/m1/s1. The Morgan fingerprint density at radius 3 is 2.80 bits per heavy atom. The largest absolute Gasteiger partial charge is 0.464 e. The van der Waals surface area contributed by atoms with Gasteiger partial charge in [0, 0.05) is 4.88 Å². The fourth-order valence-corrected chi connectivity index (χ4v) is 4.03. The Hall–Kier alpha value is -2.12. The van der Waals surface area contributed by atoms with Crippen molar-refractivity contribution in [2.24, 2.45) is 0 Å². The molecule has 0 saturated heterocycles. The summed E-state index contributed by atoms with van der Waals surface area (Å²) in [5.41, 5.74) is 1.27. The topological polar surface area (TPSA) is 91.6 Å². The predicted molar refractivity (Wildman–Crippen MR) is 94.7 cm³/mol. The van der Waals surface area contributed by atoms with Crippen molar-refractivity contribution in [3.8, 4) is 0 Å². The van der Waals surface area contributed by atoms with Crippen molar-refractivity contribution >= 4 is 23.2 Å². The summed E-state index contributed by atoms with van der Waals surface area (Å²) in [6, 6.07) is 5.36. The molecule has 2 amide bonds. The SMILES string of the molecule is Cc1ccc([C@H](O)CNC(=O)CNC(=O)c2cc3c(s2)CCCC3)o1. The van der Waals surface area contributed by atoms with E-state index in [2.05, 4.69) is 10.6 Å². The number of hydrogen-bond donors (Lipinski definition) is 3. The number of aliphatic hydroxyl groups excluding tert-OH is 1. The first-order valence-electron chi connectivity index (χ1n) is 8.44. The van der Waals surface area contributed by atoms with Crippen molar-refractivity contribution in [1.82, 2.24) is 10.6 Å². The Balaban J connectivity index is 1.44. The number of amides is 2. The fourth-order valence-electron chi connectivity index (χ4n) is 2.86. The maximum absolute atomic E-state index is 12.2. The van der Waals surface area contributed by atoms with E-state index in [1.165, 1.54) is 34.6 Å². The Labute approximate surface area is 150 Å². The lowest BCUT2D eigenvalue weighted by Gasteiger charge is -2.10. The van der Waals surface area contributed by atoms with E-state index in [0.29, 0.717) is 16.4 Å². The first-order chi connectivity index (χ1) is 12.0. The summed E-state index contributed by atoms with van der Waals surface area (Å²) in [5, 5.41) is 15.2. The zero-order chi connectivity index (χ0) is 17.8. The summed E-state index contributed by atoms with van der Waals surface area (Å²) < 4.78 is 5.30. The van der Waals surface area contributed by atoms with Gasteiger partial charge in [-0.3, -0.25) is 9.59 Å². The molecule has 7 heteroatoms. The second-order valence-electron chi connectivity index (χ2n) is 6.22. The molecule has 0 unspecified atom stereocenters. The molecule has 0 saturated carbocycles. The second kappa shape index (κ2) is 7.84. The highest BCUT2D eigenvalue weighted by atomic mass is 32.1. The van der Waals surface area contributed by atoms with Crippen LogP contribution in [0.15, 0.2) is 22.6 Å². The molecular formula is C18H22N2O4S. The summed E-state index contributed by atoms with van der Waals surface area (Å²) in [6.07, 6.45) is 3.51. The molecule has 6 nitrogen and oxygen atoms in total. The highest BCUT2D eigenvalue weighted by Gasteiger charge is 2.18. The number of fused-ring (bicyclic) bond motifs is 1. The molecule has 0 radical (unpaired) electrons. The summed E-state index contributed by atoms with van der Waals surface area (Å²) in [6.45, 7) is 1.70. The zero-order valence-electron chi connectivity index (χ0n) is 14.1. The molecule has 1 aliphatic rings. The average Bonchev–Trinajstić information content (AvgIpc) is 3.23. The third-order valence-electron chi connectivity index (χ3n) is 4.21. The van der Waals surface area contributed by atoms with Crippen LogP contribution in [-0.2, 0) is 17.6 Å². The summed E-state index contributed by atoms with van der Waals surface area (Å²) in [4.78, 5) is 26.0. The van der Waals surface area contributed by atoms with Crippen molar-refractivity contribution in [2.45, 2.75) is 38.7 Å². The molecule has 2 heterocycles. The van der Waals surface area contributed by atoms with Gasteiger partial charge in [0.05, 0.1) is 18.0 Å². The molecule has 1 aliphatic carbocycles. The Morgan fingerprint density at radius 2 is 2.08 bits per heavy atom. The molecule has 0 bridgehead atoms. The summed E-state index contributed by atoms with van der Waals surface area (Å²) >= 11 is 1.52. The minimum Gasteiger partial charge on any atom is -0.464 e. The van der Waals surface area contributed by atoms with Crippen LogP contribution in [0, 0.1) is 6.92 Å². The number of hydrogen-bond acceptors (Lipinski definition) is 5. The van der Waals surface area contributed by atoms with Gasteiger partial charge < -0.3 is 20.2 Å². The van der Waals surface area contributed by atoms with Gasteiger partial charge in [0.2, 0.25) is 5.91 Å². The van der Waals surface area contributed by atoms with Crippen molar-refractivity contribution in [1.29, 1.82) is 0 Å². The number of aryl methyl sites for hydroxylation is 3. The molecule has 2 aromatic heterocycles. The number of rotatable bonds is 6. The summed E-state index contributed by atoms with van der Waals surface area (Å²) in [7, 11) is 0. The number of aliphatic hydroxyl groups is 1. The highest BCUT2D eigenvalue weighted by Crippen LogP contribution is 2.29. The van der Waals surface area contributed by atoms with E-state index in [1.54, 1.807) is 19.1 Å². The van der Waals surface area contributed by atoms with Gasteiger partial charge in [-0.05, 0) is 56.4 Å². The van der Waals surface area contributed by atoms with Crippen LogP contribution in [0.4, 0.5) is 0 Å². The van der Waals surface area contributed by atoms with Gasteiger partial charge in [-0.15, -0.1) is 11.3 Å². The number of carbonyl (C=O) groups is 2. The van der Waals surface area contributed by atoms with Crippen molar-refractivity contribution < 1.29 is 19.1 Å². The molecule has 1 atom stereocenters. The zero-order valence-corrected chi connectivity index (χ0v) is 14.9. The van der Waals surface area contributed by atoms with Crippen molar-refractivity contribution in [3.63, 3.8) is 0 Å². The van der Waals surface area contributed by atoms with Gasteiger partial charge in [0.25, 0.3) is 5.91 Å². The minimum atomic E-state index is -0.905. The Kier molecular flexibility index (Phi) is 5.55. The number of nitrogens with one attached hydrogen (secondary N) is 2. The van der Waals surface area contributed by atoms with Gasteiger partial charge in [-0.2, -0.15) is 0 Å². The van der Waals surface area contributed by atoms with Crippen LogP contribution in [-0.4, -0.2) is 30.0 Å². The number of thiophene rings is 1. The molecule has 0 fully saturated rings. The van der Waals surface area contributed by atoms with Crippen molar-refractivity contribution in [3.05, 3.63) is 45.0 Å². The van der Waals surface area contributed by atoms with E-state index in [9.17, 15) is 14.7 Å². The predicted octanol–water partition coefficient (Wildman–Crippen LogP) is 2.11. The van der Waals surface area contributed by atoms with Gasteiger partial charge in [-0.1, -0.05) is 0 Å². The minimum absolute atomic E-state index is 0.0367. The number of furan rings is 1. The van der Waals surface area contributed by atoms with Gasteiger partial charge in [0.1, 0.15) is 17.6 Å². The van der Waals surface area contributed by atoms with Gasteiger partial charge in [0.15, 0.2) is 0 Å². The molecular weight excluding hydrogens is 340 g/mol. The van der Waals surface area contributed by atoms with Crippen LogP contribution in [0.3, 0.4) is 0 Å². The normalized spacial score (nSPS) is 14.6. The third-order valence-corrected chi connectivity index (χ3v) is 5.45. The molecule has 3 rings (SSSR count). The van der Waals surface area contributed by atoms with E-state index < -0.39 is 6.10 Å². The van der Waals surface area contributed by atoms with E-state index in [1.807, 2.05) is 6.07 Å². The fraction of sp³-hybridized carbons (Fsp3) is 0.444. The monoisotopic (exact) mass is 362 g/mol. The van der Waals surface area contributed by atoms with Crippen LogP contribution >= 0.6 is 11.3 Å². The lowest BCUT2D eigenvalue weighted by atomic mass is 9.99. The maximum atomic E-state index is 12.2. The van der Waals surface area contributed by atoms with E-state index >= 15 is 0 Å². The first-order valence-corrected chi connectivity index (χ1v) is 9.25. The molecule has 0 spiro atoms. The quantitative estimate of drug-likeness (QED) is 0.734. The van der Waals surface area contributed by atoms with Crippen LogP contribution < -0.4 is 10.6 Å². The Bertz CT molecular complexity index is 741. The van der Waals surface area contributed by atoms with Gasteiger partial charge in [-0.25, -0.2) is 0 Å². The van der Waals surface area contributed by atoms with E-state index in [0.717, 1.165) is 12.8 Å². The molecule has 0 aliphatic heterocycles. The lowest BCUT2D eigenvalue weighted by Crippen LogP contribution is -2.38. The Morgan fingerprint density at radius 1 is 1.28 bits per heavy atom. The average molecular weight is 362 g/mol. The number of carbonyl (C=O) groups excluding carboxylic acids is 2. The van der Waals surface area contributed by atoms with Gasteiger partial charge >= 0.3 is 0 Å². The molecule has 3 N–H and O–H groups in total. The first kappa shape index (κ1) is 17.7. The second-order valence-corrected chi connectivity index (χ2v) is 7.35. The third kappa shape index (κ3) is 4.49. The van der Waals surface area contributed by atoms with E-state index in [-0.39, 0.29) is 24.9 Å². The van der Waals surface area contributed by atoms with Crippen LogP contribution in [0.2, 0.25) is 0 Å². The molecule has 25 heavy (non-hydrogen) atoms. The molecule has 134 valence electrons. The van der Waals surface area contributed by atoms with Crippen LogP contribution in [0.5, 0.6) is 0 Å². The smallest absolute Gasteiger partial charge is 0.261 e. The molecule has 0 aromatic carbocycles. The molecule has 2 aromatic rings. The van der Waals surface area contributed by atoms with Crippen LogP contribution in [0.1, 0.15) is 50.6 Å². The maximum Gasteiger partial charge on any atom is 0.261 e.